The standard InChI is InChI=1S/C13H21N3/c1-11-6-7-13(14-9-11)16(3)10-12-5-4-8-15(12)2/h6-7,9,12H,4-5,8,10H2,1-3H3. The fourth-order valence-electron chi connectivity index (χ4n) is 2.31. The molecular weight excluding hydrogens is 198 g/mol. The Morgan fingerprint density at radius 1 is 1.50 bits per heavy atom. The van der Waals surface area contributed by atoms with Gasteiger partial charge in [0.05, 0.1) is 0 Å². The average molecular weight is 219 g/mol. The number of likely N-dealkylation sites (tertiary alicyclic amines) is 1. The average Bonchev–Trinajstić information content (AvgIpc) is 2.65. The van der Waals surface area contributed by atoms with Gasteiger partial charge in [-0.05, 0) is 45.0 Å². The lowest BCUT2D eigenvalue weighted by Crippen LogP contribution is -2.36. The van der Waals surface area contributed by atoms with Gasteiger partial charge in [0, 0.05) is 25.8 Å². The minimum Gasteiger partial charge on any atom is -0.358 e. The summed E-state index contributed by atoms with van der Waals surface area (Å²) >= 11 is 0. The van der Waals surface area contributed by atoms with Crippen LogP contribution in [0.3, 0.4) is 0 Å². The van der Waals surface area contributed by atoms with Crippen LogP contribution in [0.4, 0.5) is 5.82 Å². The Balaban J connectivity index is 1.97. The normalized spacial score (nSPS) is 21.3. The number of anilines is 1. The lowest BCUT2D eigenvalue weighted by molar-refractivity contribution is 0.314. The molecule has 0 saturated carbocycles. The highest BCUT2D eigenvalue weighted by Crippen LogP contribution is 2.18. The smallest absolute Gasteiger partial charge is 0.128 e. The van der Waals surface area contributed by atoms with E-state index in [4.69, 9.17) is 0 Å². The van der Waals surface area contributed by atoms with Crippen molar-refractivity contribution in [1.82, 2.24) is 9.88 Å². The maximum absolute atomic E-state index is 4.45. The highest BCUT2D eigenvalue weighted by Gasteiger charge is 2.22. The van der Waals surface area contributed by atoms with Crippen molar-refractivity contribution < 1.29 is 0 Å². The zero-order valence-corrected chi connectivity index (χ0v) is 10.5. The SMILES string of the molecule is Cc1ccc(N(C)CC2CCCN2C)nc1. The van der Waals surface area contributed by atoms with Gasteiger partial charge in [-0.25, -0.2) is 4.98 Å². The topological polar surface area (TPSA) is 19.4 Å². The first-order chi connectivity index (χ1) is 7.66. The number of nitrogens with zero attached hydrogens (tertiary/aromatic N) is 3. The summed E-state index contributed by atoms with van der Waals surface area (Å²) in [4.78, 5) is 9.16. The van der Waals surface area contributed by atoms with Gasteiger partial charge in [0.1, 0.15) is 5.82 Å². The first-order valence-corrected chi connectivity index (χ1v) is 6.01. The molecule has 1 aromatic rings. The summed E-state index contributed by atoms with van der Waals surface area (Å²) in [5, 5.41) is 0. The summed E-state index contributed by atoms with van der Waals surface area (Å²) < 4.78 is 0. The molecule has 1 aromatic heterocycles. The molecule has 0 spiro atoms. The molecule has 1 aliphatic rings. The molecule has 0 radical (unpaired) electrons. The number of likely N-dealkylation sites (N-methyl/N-ethyl adjacent to an activating group) is 2. The molecule has 1 saturated heterocycles. The van der Waals surface area contributed by atoms with E-state index in [0.29, 0.717) is 6.04 Å². The molecule has 1 aliphatic heterocycles. The second-order valence-corrected chi connectivity index (χ2v) is 4.85. The van der Waals surface area contributed by atoms with Crippen LogP contribution in [0.2, 0.25) is 0 Å². The lowest BCUT2D eigenvalue weighted by atomic mass is 10.2. The number of hydrogen-bond acceptors (Lipinski definition) is 3. The molecule has 88 valence electrons. The molecule has 1 fully saturated rings. The number of pyridine rings is 1. The van der Waals surface area contributed by atoms with Gasteiger partial charge < -0.3 is 9.80 Å². The van der Waals surface area contributed by atoms with E-state index in [0.717, 1.165) is 12.4 Å². The second kappa shape index (κ2) is 4.83. The number of aryl methyl sites for hydroxylation is 1. The zero-order valence-electron chi connectivity index (χ0n) is 10.5. The van der Waals surface area contributed by atoms with Crippen LogP contribution in [0, 0.1) is 6.92 Å². The van der Waals surface area contributed by atoms with Crippen molar-refractivity contribution in [2.24, 2.45) is 0 Å². The van der Waals surface area contributed by atoms with Gasteiger partial charge in [0.2, 0.25) is 0 Å². The van der Waals surface area contributed by atoms with E-state index in [1.807, 2.05) is 6.20 Å². The molecule has 1 unspecified atom stereocenters. The van der Waals surface area contributed by atoms with Crippen molar-refractivity contribution in [3.05, 3.63) is 23.9 Å². The summed E-state index contributed by atoms with van der Waals surface area (Å²) in [5.74, 6) is 1.07. The molecule has 2 heterocycles. The van der Waals surface area contributed by atoms with E-state index in [2.05, 4.69) is 47.9 Å². The van der Waals surface area contributed by atoms with Crippen molar-refractivity contribution >= 4 is 5.82 Å². The summed E-state index contributed by atoms with van der Waals surface area (Å²) in [6, 6.07) is 4.91. The largest absolute Gasteiger partial charge is 0.358 e. The fraction of sp³-hybridized carbons (Fsp3) is 0.615. The van der Waals surface area contributed by atoms with Crippen LogP contribution in [-0.2, 0) is 0 Å². The first kappa shape index (κ1) is 11.4. The van der Waals surface area contributed by atoms with Crippen molar-refractivity contribution in [2.75, 3.05) is 32.1 Å². The molecule has 3 nitrogen and oxygen atoms in total. The maximum Gasteiger partial charge on any atom is 0.128 e. The van der Waals surface area contributed by atoms with E-state index in [1.165, 1.54) is 24.9 Å². The van der Waals surface area contributed by atoms with Crippen LogP contribution in [0.1, 0.15) is 18.4 Å². The third-order valence-electron chi connectivity index (χ3n) is 3.44. The Labute approximate surface area is 98.1 Å². The summed E-state index contributed by atoms with van der Waals surface area (Å²) in [5.41, 5.74) is 1.22. The van der Waals surface area contributed by atoms with E-state index in [-0.39, 0.29) is 0 Å². The van der Waals surface area contributed by atoms with Gasteiger partial charge in [0.15, 0.2) is 0 Å². The van der Waals surface area contributed by atoms with E-state index in [9.17, 15) is 0 Å². The fourth-order valence-corrected chi connectivity index (χ4v) is 2.31. The van der Waals surface area contributed by atoms with Gasteiger partial charge in [-0.1, -0.05) is 6.07 Å². The molecule has 0 aromatic carbocycles. The number of aromatic nitrogens is 1. The maximum atomic E-state index is 4.45. The van der Waals surface area contributed by atoms with Crippen molar-refractivity contribution in [2.45, 2.75) is 25.8 Å². The molecule has 0 aliphatic carbocycles. The predicted octanol–water partition coefficient (Wildman–Crippen LogP) is 1.92. The minimum absolute atomic E-state index is 0.688. The minimum atomic E-state index is 0.688. The number of hydrogen-bond donors (Lipinski definition) is 0. The van der Waals surface area contributed by atoms with Crippen LogP contribution >= 0.6 is 0 Å². The van der Waals surface area contributed by atoms with Crippen LogP contribution in [-0.4, -0.2) is 43.1 Å². The Morgan fingerprint density at radius 2 is 2.31 bits per heavy atom. The van der Waals surface area contributed by atoms with Gasteiger partial charge >= 0.3 is 0 Å². The van der Waals surface area contributed by atoms with Gasteiger partial charge in [-0.15, -0.1) is 0 Å². The van der Waals surface area contributed by atoms with Crippen LogP contribution in [0.25, 0.3) is 0 Å². The molecule has 0 N–H and O–H groups in total. The molecule has 2 rings (SSSR count). The van der Waals surface area contributed by atoms with E-state index < -0.39 is 0 Å². The third kappa shape index (κ3) is 2.53. The Bertz CT molecular complexity index is 334. The van der Waals surface area contributed by atoms with Gasteiger partial charge in [-0.2, -0.15) is 0 Å². The van der Waals surface area contributed by atoms with Gasteiger partial charge in [0.25, 0.3) is 0 Å². The van der Waals surface area contributed by atoms with Crippen LogP contribution in [0.15, 0.2) is 18.3 Å². The van der Waals surface area contributed by atoms with Crippen LogP contribution in [0.5, 0.6) is 0 Å². The van der Waals surface area contributed by atoms with Crippen molar-refractivity contribution in [3.8, 4) is 0 Å². The lowest BCUT2D eigenvalue weighted by Gasteiger charge is -2.26. The molecule has 0 amide bonds. The summed E-state index contributed by atoms with van der Waals surface area (Å²) in [6.45, 7) is 4.38. The molecule has 3 heteroatoms. The Hall–Kier alpha value is -1.09. The molecule has 1 atom stereocenters. The first-order valence-electron chi connectivity index (χ1n) is 6.01. The second-order valence-electron chi connectivity index (χ2n) is 4.85. The van der Waals surface area contributed by atoms with Gasteiger partial charge in [-0.3, -0.25) is 0 Å². The Kier molecular flexibility index (Phi) is 3.44. The Morgan fingerprint density at radius 3 is 2.88 bits per heavy atom. The summed E-state index contributed by atoms with van der Waals surface area (Å²) in [6.07, 6.45) is 4.58. The predicted molar refractivity (Wildman–Crippen MR) is 67.9 cm³/mol. The highest BCUT2D eigenvalue weighted by atomic mass is 15.2. The summed E-state index contributed by atoms with van der Waals surface area (Å²) in [7, 11) is 4.35. The molecule has 0 bridgehead atoms. The zero-order chi connectivity index (χ0) is 11.5. The van der Waals surface area contributed by atoms with Crippen molar-refractivity contribution in [3.63, 3.8) is 0 Å². The molecular formula is C13H21N3. The number of rotatable bonds is 3. The van der Waals surface area contributed by atoms with E-state index in [1.54, 1.807) is 0 Å². The van der Waals surface area contributed by atoms with Crippen LogP contribution < -0.4 is 4.90 Å². The molecule has 16 heavy (non-hydrogen) atoms. The monoisotopic (exact) mass is 219 g/mol. The van der Waals surface area contributed by atoms with E-state index >= 15 is 0 Å². The third-order valence-corrected chi connectivity index (χ3v) is 3.44. The van der Waals surface area contributed by atoms with Crippen molar-refractivity contribution in [1.29, 1.82) is 0 Å². The quantitative estimate of drug-likeness (QED) is 0.774. The highest BCUT2D eigenvalue weighted by molar-refractivity contribution is 5.38.